The molecule has 1 aromatic rings. The van der Waals surface area contributed by atoms with Gasteiger partial charge in [0.15, 0.2) is 0 Å². The van der Waals surface area contributed by atoms with Gasteiger partial charge in [-0.15, -0.1) is 0 Å². The van der Waals surface area contributed by atoms with E-state index in [1.165, 1.54) is 43.5 Å². The van der Waals surface area contributed by atoms with Crippen molar-refractivity contribution in [3.05, 3.63) is 17.5 Å². The molecule has 0 aliphatic heterocycles. The molecule has 0 unspecified atom stereocenters. The molecule has 0 atom stereocenters. The molecule has 0 saturated heterocycles. The van der Waals surface area contributed by atoms with Gasteiger partial charge in [-0.25, -0.2) is 0 Å². The molecule has 4 nitrogen and oxygen atoms in total. The molecule has 0 radical (unpaired) electrons. The number of hydrogen-bond acceptors (Lipinski definition) is 3. The first-order valence-corrected chi connectivity index (χ1v) is 8.12. The average molecular weight is 278 g/mol. The zero-order valence-corrected chi connectivity index (χ0v) is 13.4. The molecule has 114 valence electrons. The molecular weight excluding hydrogens is 248 g/mol. The van der Waals surface area contributed by atoms with Crippen LogP contribution in [-0.4, -0.2) is 33.8 Å². The molecule has 0 amide bonds. The second-order valence-corrected chi connectivity index (χ2v) is 6.14. The number of nitrogens with two attached hydrogens (primary N) is 1. The highest BCUT2D eigenvalue weighted by Crippen LogP contribution is 2.33. The van der Waals surface area contributed by atoms with Crippen molar-refractivity contribution >= 4 is 0 Å². The third-order valence-corrected chi connectivity index (χ3v) is 4.95. The van der Waals surface area contributed by atoms with E-state index in [-0.39, 0.29) is 5.54 Å². The van der Waals surface area contributed by atoms with Crippen molar-refractivity contribution in [3.63, 3.8) is 0 Å². The summed E-state index contributed by atoms with van der Waals surface area (Å²) in [7, 11) is 2.23. The summed E-state index contributed by atoms with van der Waals surface area (Å²) >= 11 is 0. The lowest BCUT2D eigenvalue weighted by molar-refractivity contribution is 0.0734. The Morgan fingerprint density at radius 2 is 2.00 bits per heavy atom. The zero-order valence-electron chi connectivity index (χ0n) is 13.4. The Bertz CT molecular complexity index is 418. The van der Waals surface area contributed by atoms with Crippen LogP contribution in [0.1, 0.15) is 57.3 Å². The topological polar surface area (TPSA) is 47.1 Å². The molecule has 2 N–H and O–H groups in total. The van der Waals surface area contributed by atoms with Gasteiger partial charge in [0.1, 0.15) is 0 Å². The number of hydrogen-bond donors (Lipinski definition) is 1. The maximum Gasteiger partial charge on any atom is 0.0625 e. The van der Waals surface area contributed by atoms with Gasteiger partial charge >= 0.3 is 0 Å². The van der Waals surface area contributed by atoms with Crippen molar-refractivity contribution < 1.29 is 0 Å². The predicted octanol–water partition coefficient (Wildman–Crippen LogP) is 2.56. The number of rotatable bonds is 6. The molecule has 4 heteroatoms. The summed E-state index contributed by atoms with van der Waals surface area (Å²) in [5, 5.41) is 4.65. The van der Waals surface area contributed by atoms with Crippen molar-refractivity contribution in [1.82, 2.24) is 14.7 Å². The molecule has 0 spiro atoms. The number of aryl methyl sites for hydroxylation is 2. The first-order chi connectivity index (χ1) is 9.65. The fourth-order valence-electron chi connectivity index (χ4n) is 3.45. The zero-order chi connectivity index (χ0) is 14.6. The molecule has 1 fully saturated rings. The lowest BCUT2D eigenvalue weighted by Gasteiger charge is -2.44. The summed E-state index contributed by atoms with van der Waals surface area (Å²) in [5.74, 6) is 0. The fraction of sp³-hybridized carbons (Fsp3) is 0.812. The summed E-state index contributed by atoms with van der Waals surface area (Å²) in [5.41, 5.74) is 8.85. The highest BCUT2D eigenvalue weighted by Gasteiger charge is 2.34. The predicted molar refractivity (Wildman–Crippen MR) is 83.6 cm³/mol. The van der Waals surface area contributed by atoms with Gasteiger partial charge in [0.05, 0.1) is 11.4 Å². The van der Waals surface area contributed by atoms with Gasteiger partial charge in [-0.1, -0.05) is 26.2 Å². The highest BCUT2D eigenvalue weighted by atomic mass is 15.3. The van der Waals surface area contributed by atoms with Crippen LogP contribution >= 0.6 is 0 Å². The van der Waals surface area contributed by atoms with Crippen LogP contribution in [0.2, 0.25) is 0 Å². The largest absolute Gasteiger partial charge is 0.329 e. The Kier molecular flexibility index (Phi) is 5.22. The van der Waals surface area contributed by atoms with Crippen LogP contribution in [0.3, 0.4) is 0 Å². The molecule has 1 aromatic heterocycles. The van der Waals surface area contributed by atoms with Crippen molar-refractivity contribution in [2.24, 2.45) is 5.73 Å². The second-order valence-electron chi connectivity index (χ2n) is 6.14. The highest BCUT2D eigenvalue weighted by molar-refractivity contribution is 5.11. The summed E-state index contributed by atoms with van der Waals surface area (Å²) in [4.78, 5) is 2.48. The van der Waals surface area contributed by atoms with E-state index in [9.17, 15) is 0 Å². The minimum Gasteiger partial charge on any atom is -0.329 e. The maximum atomic E-state index is 6.13. The van der Waals surface area contributed by atoms with Crippen LogP contribution in [0, 0.1) is 0 Å². The van der Waals surface area contributed by atoms with Gasteiger partial charge in [0.2, 0.25) is 0 Å². The van der Waals surface area contributed by atoms with Crippen LogP contribution in [0.25, 0.3) is 0 Å². The van der Waals surface area contributed by atoms with Crippen LogP contribution in [0.15, 0.2) is 6.07 Å². The minimum absolute atomic E-state index is 0.202. The van der Waals surface area contributed by atoms with Crippen LogP contribution in [0.4, 0.5) is 0 Å². The molecule has 20 heavy (non-hydrogen) atoms. The van der Waals surface area contributed by atoms with E-state index in [0.717, 1.165) is 26.1 Å². The van der Waals surface area contributed by atoms with Gasteiger partial charge in [0.25, 0.3) is 0 Å². The van der Waals surface area contributed by atoms with Crippen LogP contribution in [-0.2, 0) is 19.5 Å². The van der Waals surface area contributed by atoms with E-state index in [2.05, 4.69) is 41.6 Å². The van der Waals surface area contributed by atoms with E-state index in [4.69, 9.17) is 5.73 Å². The van der Waals surface area contributed by atoms with Crippen molar-refractivity contribution in [3.8, 4) is 0 Å². The number of aromatic nitrogens is 2. The quantitative estimate of drug-likeness (QED) is 0.870. The molecule has 1 aliphatic rings. The van der Waals surface area contributed by atoms with E-state index >= 15 is 0 Å². The molecule has 1 saturated carbocycles. The van der Waals surface area contributed by atoms with Gasteiger partial charge in [0, 0.05) is 25.2 Å². The van der Waals surface area contributed by atoms with Crippen molar-refractivity contribution in [2.45, 2.75) is 71.0 Å². The number of likely N-dealkylation sites (N-methyl/N-ethyl adjacent to an activating group) is 1. The minimum atomic E-state index is 0.202. The van der Waals surface area contributed by atoms with E-state index in [0.29, 0.717) is 0 Å². The Labute approximate surface area is 123 Å². The van der Waals surface area contributed by atoms with E-state index in [1.54, 1.807) is 0 Å². The standard InChI is InChI=1S/C16H30N4/c1-4-14-11-15(20(5-2)18-14)12-19(3)16(13-17)9-7-6-8-10-16/h11H,4-10,12-13,17H2,1-3H3. The van der Waals surface area contributed by atoms with Crippen LogP contribution < -0.4 is 5.73 Å². The Hall–Kier alpha value is -0.870. The Morgan fingerprint density at radius 3 is 2.55 bits per heavy atom. The first-order valence-electron chi connectivity index (χ1n) is 8.12. The molecule has 0 aromatic carbocycles. The van der Waals surface area contributed by atoms with E-state index < -0.39 is 0 Å². The molecule has 1 aliphatic carbocycles. The van der Waals surface area contributed by atoms with Crippen molar-refractivity contribution in [1.29, 1.82) is 0 Å². The lowest BCUT2D eigenvalue weighted by Crippen LogP contribution is -2.53. The molecular formula is C16H30N4. The van der Waals surface area contributed by atoms with Gasteiger partial charge in [-0.05, 0) is 39.3 Å². The van der Waals surface area contributed by atoms with Gasteiger partial charge in [-0.3, -0.25) is 9.58 Å². The fourth-order valence-corrected chi connectivity index (χ4v) is 3.45. The lowest BCUT2D eigenvalue weighted by atomic mass is 9.80. The normalized spacial score (nSPS) is 18.6. The molecule has 2 rings (SSSR count). The third-order valence-electron chi connectivity index (χ3n) is 4.95. The van der Waals surface area contributed by atoms with Crippen molar-refractivity contribution in [2.75, 3.05) is 13.6 Å². The van der Waals surface area contributed by atoms with Gasteiger partial charge < -0.3 is 5.73 Å². The number of nitrogens with zero attached hydrogens (tertiary/aromatic N) is 3. The Morgan fingerprint density at radius 1 is 1.30 bits per heavy atom. The molecule has 1 heterocycles. The van der Waals surface area contributed by atoms with Crippen LogP contribution in [0.5, 0.6) is 0 Å². The molecule has 0 bridgehead atoms. The average Bonchev–Trinajstić information content (AvgIpc) is 2.90. The maximum absolute atomic E-state index is 6.13. The SMILES string of the molecule is CCc1cc(CN(C)C2(CN)CCCCC2)n(CC)n1. The third kappa shape index (κ3) is 3.07. The monoisotopic (exact) mass is 278 g/mol. The summed E-state index contributed by atoms with van der Waals surface area (Å²) in [6.45, 7) is 6.99. The smallest absolute Gasteiger partial charge is 0.0625 e. The summed E-state index contributed by atoms with van der Waals surface area (Å²) in [6.07, 6.45) is 7.47. The Balaban J connectivity index is 2.13. The van der Waals surface area contributed by atoms with Gasteiger partial charge in [-0.2, -0.15) is 5.10 Å². The first kappa shape index (κ1) is 15.5. The summed E-state index contributed by atoms with van der Waals surface area (Å²) < 4.78 is 2.14. The van der Waals surface area contributed by atoms with E-state index in [1.807, 2.05) is 0 Å². The summed E-state index contributed by atoms with van der Waals surface area (Å²) in [6, 6.07) is 2.26. The second kappa shape index (κ2) is 6.72.